The first-order valence-electron chi connectivity index (χ1n) is 7.63. The molecule has 0 spiro atoms. The molecule has 0 aromatic carbocycles. The van der Waals surface area contributed by atoms with Gasteiger partial charge in [0.15, 0.2) is 0 Å². The second-order valence-corrected chi connectivity index (χ2v) is 4.55. The molecule has 0 bridgehead atoms. The van der Waals surface area contributed by atoms with E-state index in [0.717, 1.165) is 32.5 Å². The molecular weight excluding hydrogens is 260 g/mol. The van der Waals surface area contributed by atoms with Crippen molar-refractivity contribution in [2.24, 2.45) is 0 Å². The topological polar surface area (TPSA) is 96.2 Å². The maximum atomic E-state index is 8.80. The third-order valence-electron chi connectivity index (χ3n) is 2.70. The molecule has 0 heterocycles. The summed E-state index contributed by atoms with van der Waals surface area (Å²) in [4.78, 5) is 2.26. The lowest BCUT2D eigenvalue weighted by Gasteiger charge is -2.20. The van der Waals surface area contributed by atoms with Gasteiger partial charge in [-0.05, 0) is 32.4 Å². The monoisotopic (exact) mass is 294 g/mol. The van der Waals surface area contributed by atoms with E-state index in [1.165, 1.54) is 12.8 Å². The van der Waals surface area contributed by atoms with Crippen LogP contribution >= 0.6 is 0 Å². The summed E-state index contributed by atoms with van der Waals surface area (Å²) in [5.41, 5.74) is 0. The summed E-state index contributed by atoms with van der Waals surface area (Å²) < 4.78 is 0. The fourth-order valence-electron chi connectivity index (χ4n) is 1.59. The van der Waals surface area contributed by atoms with Gasteiger partial charge in [-0.15, -0.1) is 0 Å². The molecule has 6 nitrogen and oxygen atoms in total. The van der Waals surface area contributed by atoms with Gasteiger partial charge in [0.05, 0.1) is 19.8 Å². The molecule has 0 aliphatic heterocycles. The van der Waals surface area contributed by atoms with Gasteiger partial charge in [-0.25, -0.2) is 0 Å². The largest absolute Gasteiger partial charge is 0.396 e. The number of unbranched alkanes of at least 4 members (excludes halogenated alkanes) is 2. The number of hydrogen-bond donors (Lipinski definition) is 5. The molecule has 20 heavy (non-hydrogen) atoms. The lowest BCUT2D eigenvalue weighted by molar-refractivity contribution is 0.186. The van der Waals surface area contributed by atoms with Crippen LogP contribution in [0.2, 0.25) is 0 Å². The van der Waals surface area contributed by atoms with Gasteiger partial charge in [0.2, 0.25) is 0 Å². The van der Waals surface area contributed by atoms with Gasteiger partial charge >= 0.3 is 0 Å². The summed E-state index contributed by atoms with van der Waals surface area (Å²) in [6.07, 6.45) is 4.29. The molecule has 0 saturated heterocycles. The van der Waals surface area contributed by atoms with Crippen molar-refractivity contribution in [1.82, 2.24) is 10.2 Å². The molecule has 0 atom stereocenters. The first-order valence-corrected chi connectivity index (χ1v) is 7.63. The summed E-state index contributed by atoms with van der Waals surface area (Å²) in [6, 6.07) is 0. The van der Waals surface area contributed by atoms with E-state index in [-0.39, 0.29) is 26.4 Å². The van der Waals surface area contributed by atoms with Crippen molar-refractivity contribution in [2.75, 3.05) is 59.2 Å². The Morgan fingerprint density at radius 2 is 1.30 bits per heavy atom. The van der Waals surface area contributed by atoms with Gasteiger partial charge in [-0.2, -0.15) is 0 Å². The second-order valence-electron chi connectivity index (χ2n) is 4.55. The van der Waals surface area contributed by atoms with Gasteiger partial charge in [0.1, 0.15) is 0 Å². The van der Waals surface area contributed by atoms with Crippen LogP contribution in [0.25, 0.3) is 0 Å². The first-order chi connectivity index (χ1) is 9.76. The highest BCUT2D eigenvalue weighted by molar-refractivity contribution is 4.57. The molecule has 0 rings (SSSR count). The minimum atomic E-state index is 0.139. The van der Waals surface area contributed by atoms with Crippen LogP contribution in [0.1, 0.15) is 32.6 Å². The zero-order valence-corrected chi connectivity index (χ0v) is 12.9. The van der Waals surface area contributed by atoms with Crippen molar-refractivity contribution < 1.29 is 20.4 Å². The van der Waals surface area contributed by atoms with E-state index in [2.05, 4.69) is 17.1 Å². The summed E-state index contributed by atoms with van der Waals surface area (Å²) >= 11 is 0. The second kappa shape index (κ2) is 21.1. The molecule has 0 aromatic heterocycles. The number of nitrogens with zero attached hydrogens (tertiary/aromatic N) is 1. The Hall–Kier alpha value is -0.240. The molecule has 0 aliphatic rings. The average Bonchev–Trinajstić information content (AvgIpc) is 2.46. The number of rotatable bonds is 13. The fourth-order valence-corrected chi connectivity index (χ4v) is 1.59. The SMILES string of the molecule is CCCCN(CCO)CCCCO.OCCNCCO. The minimum absolute atomic E-state index is 0.139. The zero-order chi connectivity index (χ0) is 15.5. The summed E-state index contributed by atoms with van der Waals surface area (Å²) in [5.74, 6) is 0. The van der Waals surface area contributed by atoms with Crippen molar-refractivity contribution in [3.05, 3.63) is 0 Å². The highest BCUT2D eigenvalue weighted by atomic mass is 16.3. The quantitative estimate of drug-likeness (QED) is 0.292. The predicted molar refractivity (Wildman–Crippen MR) is 81.8 cm³/mol. The Bertz CT molecular complexity index is 158. The van der Waals surface area contributed by atoms with Crippen molar-refractivity contribution >= 4 is 0 Å². The van der Waals surface area contributed by atoms with Crippen molar-refractivity contribution in [1.29, 1.82) is 0 Å². The Labute approximate surface area is 123 Å². The van der Waals surface area contributed by atoms with Crippen LogP contribution in [-0.2, 0) is 0 Å². The number of nitrogens with one attached hydrogen (secondary N) is 1. The third kappa shape index (κ3) is 20.1. The van der Waals surface area contributed by atoms with E-state index in [4.69, 9.17) is 20.4 Å². The highest BCUT2D eigenvalue weighted by Crippen LogP contribution is 1.98. The van der Waals surface area contributed by atoms with Crippen molar-refractivity contribution in [2.45, 2.75) is 32.6 Å². The Balaban J connectivity index is 0. The minimum Gasteiger partial charge on any atom is -0.396 e. The van der Waals surface area contributed by atoms with Gasteiger partial charge in [-0.3, -0.25) is 0 Å². The van der Waals surface area contributed by atoms with Crippen LogP contribution in [0, 0.1) is 0 Å². The lowest BCUT2D eigenvalue weighted by atomic mass is 10.2. The van der Waals surface area contributed by atoms with Gasteiger partial charge < -0.3 is 30.6 Å². The normalized spacial score (nSPS) is 10.5. The van der Waals surface area contributed by atoms with Crippen LogP contribution in [-0.4, -0.2) is 84.5 Å². The van der Waals surface area contributed by atoms with Crippen LogP contribution in [0.15, 0.2) is 0 Å². The molecule has 0 fully saturated rings. The molecule has 0 aliphatic carbocycles. The Morgan fingerprint density at radius 3 is 1.75 bits per heavy atom. The maximum Gasteiger partial charge on any atom is 0.0558 e. The summed E-state index contributed by atoms with van der Waals surface area (Å²) in [7, 11) is 0. The molecule has 0 radical (unpaired) electrons. The van der Waals surface area contributed by atoms with Gasteiger partial charge in [0, 0.05) is 26.2 Å². The van der Waals surface area contributed by atoms with E-state index >= 15 is 0 Å². The van der Waals surface area contributed by atoms with E-state index in [1.807, 2.05) is 0 Å². The van der Waals surface area contributed by atoms with Gasteiger partial charge in [-0.1, -0.05) is 13.3 Å². The third-order valence-corrected chi connectivity index (χ3v) is 2.70. The fraction of sp³-hybridized carbons (Fsp3) is 1.00. The summed E-state index contributed by atoms with van der Waals surface area (Å²) in [5, 5.41) is 36.5. The van der Waals surface area contributed by atoms with Gasteiger partial charge in [0.25, 0.3) is 0 Å². The Morgan fingerprint density at radius 1 is 0.700 bits per heavy atom. The molecule has 6 heteroatoms. The van der Waals surface area contributed by atoms with E-state index < -0.39 is 0 Å². The van der Waals surface area contributed by atoms with Crippen molar-refractivity contribution in [3.63, 3.8) is 0 Å². The van der Waals surface area contributed by atoms with Crippen LogP contribution in [0.3, 0.4) is 0 Å². The Kier molecular flexibility index (Phi) is 23.2. The zero-order valence-electron chi connectivity index (χ0n) is 12.9. The molecule has 124 valence electrons. The summed E-state index contributed by atoms with van der Waals surface area (Å²) in [6.45, 7) is 6.95. The van der Waals surface area contributed by atoms with Crippen LogP contribution in [0.4, 0.5) is 0 Å². The first kappa shape index (κ1) is 22.0. The molecule has 0 saturated carbocycles. The molecule has 0 amide bonds. The van der Waals surface area contributed by atoms with Crippen molar-refractivity contribution in [3.8, 4) is 0 Å². The van der Waals surface area contributed by atoms with Crippen LogP contribution < -0.4 is 5.32 Å². The highest BCUT2D eigenvalue weighted by Gasteiger charge is 2.02. The number of aliphatic hydroxyl groups is 4. The molecule has 0 aromatic rings. The van der Waals surface area contributed by atoms with E-state index in [9.17, 15) is 0 Å². The number of hydrogen-bond acceptors (Lipinski definition) is 6. The smallest absolute Gasteiger partial charge is 0.0558 e. The maximum absolute atomic E-state index is 8.80. The average molecular weight is 294 g/mol. The number of aliphatic hydroxyl groups excluding tert-OH is 4. The predicted octanol–water partition coefficient (Wildman–Crippen LogP) is -0.586. The standard InChI is InChI=1S/C10H23NO2.C4H11NO2/c1-2-3-6-11(8-10-13)7-4-5-9-12;6-3-1-5-2-4-7/h12-13H,2-10H2,1H3;5-7H,1-4H2. The molecular formula is C14H34N2O4. The lowest BCUT2D eigenvalue weighted by Crippen LogP contribution is -2.29. The molecule has 5 N–H and O–H groups in total. The molecule has 0 unspecified atom stereocenters. The van der Waals surface area contributed by atoms with E-state index in [1.54, 1.807) is 0 Å². The van der Waals surface area contributed by atoms with Crippen LogP contribution in [0.5, 0.6) is 0 Å². The van der Waals surface area contributed by atoms with E-state index in [0.29, 0.717) is 13.1 Å².